The van der Waals surface area contributed by atoms with Crippen molar-refractivity contribution in [2.24, 2.45) is 0 Å². The van der Waals surface area contributed by atoms with Crippen LogP contribution in [0.1, 0.15) is 37.7 Å². The molecule has 2 N–H and O–H groups in total. The summed E-state index contributed by atoms with van der Waals surface area (Å²) in [4.78, 5) is 18.1. The van der Waals surface area contributed by atoms with Crippen LogP contribution < -0.4 is 5.32 Å². The van der Waals surface area contributed by atoms with E-state index in [4.69, 9.17) is 0 Å². The Hall–Kier alpha value is -2.21. The van der Waals surface area contributed by atoms with Gasteiger partial charge in [0.2, 0.25) is 5.91 Å². The molecule has 0 atom stereocenters. The monoisotopic (exact) mass is 327 g/mol. The van der Waals surface area contributed by atoms with Crippen LogP contribution in [-0.4, -0.2) is 45.6 Å². The van der Waals surface area contributed by atoms with E-state index >= 15 is 0 Å². The Morgan fingerprint density at radius 3 is 3.08 bits per heavy atom. The predicted octanol–water partition coefficient (Wildman–Crippen LogP) is 2.35. The summed E-state index contributed by atoms with van der Waals surface area (Å²) >= 11 is 0. The molecule has 6 nitrogen and oxygen atoms in total. The highest BCUT2D eigenvalue weighted by atomic mass is 16.2. The van der Waals surface area contributed by atoms with Gasteiger partial charge in [0.25, 0.3) is 0 Å². The van der Waals surface area contributed by atoms with Gasteiger partial charge in [0.1, 0.15) is 0 Å². The zero-order valence-electron chi connectivity index (χ0n) is 14.0. The molecule has 0 spiro atoms. The molecule has 128 valence electrons. The van der Waals surface area contributed by atoms with E-state index in [2.05, 4.69) is 20.5 Å². The van der Waals surface area contributed by atoms with Gasteiger partial charge in [-0.05, 0) is 37.9 Å². The average Bonchev–Trinajstić information content (AvgIpc) is 2.99. The Morgan fingerprint density at radius 2 is 2.21 bits per heavy atom. The van der Waals surface area contributed by atoms with Crippen molar-refractivity contribution in [2.75, 3.05) is 19.6 Å². The van der Waals surface area contributed by atoms with Crippen molar-refractivity contribution in [3.63, 3.8) is 0 Å². The zero-order chi connectivity index (χ0) is 16.6. The van der Waals surface area contributed by atoms with Crippen LogP contribution in [0.5, 0.6) is 0 Å². The molecule has 0 unspecified atom stereocenters. The second kappa shape index (κ2) is 8.59. The molecule has 0 aromatic carbocycles. The number of aromatic amines is 1. The first-order chi connectivity index (χ1) is 11.8. The van der Waals surface area contributed by atoms with Gasteiger partial charge in [-0.1, -0.05) is 6.42 Å². The van der Waals surface area contributed by atoms with Gasteiger partial charge >= 0.3 is 0 Å². The highest BCUT2D eigenvalue weighted by Gasteiger charge is 2.15. The normalized spacial score (nSPS) is 15.5. The van der Waals surface area contributed by atoms with Crippen molar-refractivity contribution >= 4 is 5.91 Å². The molecule has 2 aromatic heterocycles. The van der Waals surface area contributed by atoms with E-state index < -0.39 is 0 Å². The summed E-state index contributed by atoms with van der Waals surface area (Å²) in [7, 11) is 0. The molecule has 0 bridgehead atoms. The van der Waals surface area contributed by atoms with Crippen LogP contribution in [-0.2, 0) is 11.3 Å². The number of nitrogens with one attached hydrogen (secondary N) is 2. The van der Waals surface area contributed by atoms with Crippen LogP contribution in [0.3, 0.4) is 0 Å². The lowest BCUT2D eigenvalue weighted by Gasteiger charge is -2.20. The number of hydrogen-bond acceptors (Lipinski definition) is 4. The largest absolute Gasteiger partial charge is 0.343 e. The fourth-order valence-corrected chi connectivity index (χ4v) is 3.10. The highest BCUT2D eigenvalue weighted by molar-refractivity contribution is 5.76. The van der Waals surface area contributed by atoms with E-state index in [0.717, 1.165) is 68.7 Å². The van der Waals surface area contributed by atoms with E-state index in [9.17, 15) is 4.79 Å². The average molecular weight is 327 g/mol. The van der Waals surface area contributed by atoms with Crippen molar-refractivity contribution in [1.82, 2.24) is 25.4 Å². The molecule has 3 rings (SSSR count). The van der Waals surface area contributed by atoms with E-state index in [1.807, 2.05) is 29.4 Å². The number of rotatable bonds is 7. The Kier molecular flexibility index (Phi) is 5.96. The summed E-state index contributed by atoms with van der Waals surface area (Å²) in [5.74, 6) is 0.321. The minimum Gasteiger partial charge on any atom is -0.343 e. The van der Waals surface area contributed by atoms with E-state index in [-0.39, 0.29) is 0 Å². The number of likely N-dealkylation sites (tertiary alicyclic amines) is 1. The van der Waals surface area contributed by atoms with Gasteiger partial charge in [-0.15, -0.1) is 0 Å². The molecule has 1 amide bonds. The van der Waals surface area contributed by atoms with Crippen LogP contribution >= 0.6 is 0 Å². The summed E-state index contributed by atoms with van der Waals surface area (Å²) in [6.45, 7) is 3.43. The first kappa shape index (κ1) is 16.6. The number of nitrogens with zero attached hydrogens (tertiary/aromatic N) is 3. The first-order valence-corrected chi connectivity index (χ1v) is 8.76. The molecule has 0 aliphatic carbocycles. The summed E-state index contributed by atoms with van der Waals surface area (Å²) in [6.07, 6.45) is 10.5. The third-order valence-corrected chi connectivity index (χ3v) is 4.44. The molecule has 3 heterocycles. The quantitative estimate of drug-likeness (QED) is 0.766. The molecule has 1 fully saturated rings. The van der Waals surface area contributed by atoms with Gasteiger partial charge in [-0.2, -0.15) is 5.10 Å². The fraction of sp³-hybridized carbons (Fsp3) is 0.500. The van der Waals surface area contributed by atoms with Gasteiger partial charge in [-0.25, -0.2) is 0 Å². The Morgan fingerprint density at radius 1 is 1.25 bits per heavy atom. The van der Waals surface area contributed by atoms with Gasteiger partial charge in [0.15, 0.2) is 0 Å². The molecule has 24 heavy (non-hydrogen) atoms. The van der Waals surface area contributed by atoms with Crippen LogP contribution in [0.4, 0.5) is 0 Å². The highest BCUT2D eigenvalue weighted by Crippen LogP contribution is 2.19. The third kappa shape index (κ3) is 4.41. The number of pyridine rings is 1. The molecule has 1 aliphatic rings. The summed E-state index contributed by atoms with van der Waals surface area (Å²) < 4.78 is 0. The molecular weight excluding hydrogens is 302 g/mol. The van der Waals surface area contributed by atoms with E-state index in [1.165, 1.54) is 6.42 Å². The molecule has 0 saturated carbocycles. The SMILES string of the molecule is O=C1CCCCCN1CCCNCc1cn[nH]c1-c1cccnc1. The smallest absolute Gasteiger partial charge is 0.222 e. The van der Waals surface area contributed by atoms with Gasteiger partial charge < -0.3 is 10.2 Å². The predicted molar refractivity (Wildman–Crippen MR) is 93.2 cm³/mol. The lowest BCUT2D eigenvalue weighted by molar-refractivity contribution is -0.130. The summed E-state index contributed by atoms with van der Waals surface area (Å²) in [6, 6.07) is 3.94. The van der Waals surface area contributed by atoms with E-state index in [0.29, 0.717) is 5.91 Å². The van der Waals surface area contributed by atoms with Crippen molar-refractivity contribution in [1.29, 1.82) is 0 Å². The Labute approximate surface area is 142 Å². The zero-order valence-corrected chi connectivity index (χ0v) is 14.0. The van der Waals surface area contributed by atoms with Gasteiger partial charge in [-0.3, -0.25) is 14.9 Å². The molecule has 0 radical (unpaired) electrons. The van der Waals surface area contributed by atoms with Crippen molar-refractivity contribution in [3.8, 4) is 11.3 Å². The first-order valence-electron chi connectivity index (χ1n) is 8.76. The summed E-state index contributed by atoms with van der Waals surface area (Å²) in [5, 5.41) is 10.6. The molecule has 1 saturated heterocycles. The van der Waals surface area contributed by atoms with E-state index in [1.54, 1.807) is 6.20 Å². The second-order valence-electron chi connectivity index (χ2n) is 6.23. The standard InChI is InChI=1S/C18H25N5O/c24-17-7-2-1-3-10-23(17)11-5-9-20-13-16-14-21-22-18(16)15-6-4-8-19-12-15/h4,6,8,12,14,20H,1-3,5,7,9-11,13H2,(H,21,22). The number of aromatic nitrogens is 3. The van der Waals surface area contributed by atoms with Crippen molar-refractivity contribution < 1.29 is 4.79 Å². The Balaban J connectivity index is 1.43. The van der Waals surface area contributed by atoms with Gasteiger partial charge in [0.05, 0.1) is 11.9 Å². The second-order valence-corrected chi connectivity index (χ2v) is 6.23. The molecule has 6 heteroatoms. The van der Waals surface area contributed by atoms with Gasteiger partial charge in [0, 0.05) is 49.6 Å². The Bertz CT molecular complexity index is 640. The minimum absolute atomic E-state index is 0.321. The molecular formula is C18H25N5O. The van der Waals surface area contributed by atoms with Crippen LogP contribution in [0.25, 0.3) is 11.3 Å². The topological polar surface area (TPSA) is 73.9 Å². The van der Waals surface area contributed by atoms with Crippen molar-refractivity contribution in [2.45, 2.75) is 38.6 Å². The third-order valence-electron chi connectivity index (χ3n) is 4.44. The van der Waals surface area contributed by atoms with Crippen LogP contribution in [0, 0.1) is 0 Å². The maximum Gasteiger partial charge on any atom is 0.222 e. The lowest BCUT2D eigenvalue weighted by atomic mass is 10.1. The number of carbonyl (C=O) groups excluding carboxylic acids is 1. The number of carbonyl (C=O) groups is 1. The maximum absolute atomic E-state index is 12.0. The number of hydrogen-bond donors (Lipinski definition) is 2. The fourth-order valence-electron chi connectivity index (χ4n) is 3.10. The van der Waals surface area contributed by atoms with Crippen LogP contribution in [0.15, 0.2) is 30.7 Å². The summed E-state index contributed by atoms with van der Waals surface area (Å²) in [5.41, 5.74) is 3.19. The number of H-pyrrole nitrogens is 1. The number of amides is 1. The molecule has 1 aliphatic heterocycles. The van der Waals surface area contributed by atoms with Crippen LogP contribution in [0.2, 0.25) is 0 Å². The minimum atomic E-state index is 0.321. The lowest BCUT2D eigenvalue weighted by Crippen LogP contribution is -2.32. The van der Waals surface area contributed by atoms with Crippen molar-refractivity contribution in [3.05, 3.63) is 36.3 Å². The molecule has 2 aromatic rings. The maximum atomic E-state index is 12.0.